The molecule has 2 N–H and O–H groups in total. The lowest BCUT2D eigenvalue weighted by Gasteiger charge is -2.36. The summed E-state index contributed by atoms with van der Waals surface area (Å²) >= 11 is 1.56. The first-order valence-corrected chi connectivity index (χ1v) is 14.5. The molecule has 0 amide bonds. The number of aromatic nitrogens is 1. The summed E-state index contributed by atoms with van der Waals surface area (Å²) in [5.41, 5.74) is 1.51. The third-order valence-corrected chi connectivity index (χ3v) is 8.74. The van der Waals surface area contributed by atoms with Gasteiger partial charge < -0.3 is 19.7 Å². The Morgan fingerprint density at radius 2 is 2.00 bits per heavy atom. The van der Waals surface area contributed by atoms with Gasteiger partial charge in [-0.1, -0.05) is 32.1 Å². The minimum Gasteiger partial charge on any atom is -0.457 e. The molecule has 8 heteroatoms. The second kappa shape index (κ2) is 13.8. The molecule has 6 atom stereocenters. The van der Waals surface area contributed by atoms with Crippen molar-refractivity contribution in [1.29, 1.82) is 0 Å². The van der Waals surface area contributed by atoms with Crippen molar-refractivity contribution >= 4 is 29.2 Å². The van der Waals surface area contributed by atoms with Crippen LogP contribution in [0.3, 0.4) is 0 Å². The minimum atomic E-state index is -1.27. The summed E-state index contributed by atoms with van der Waals surface area (Å²) in [5.74, 6) is -1.59. The van der Waals surface area contributed by atoms with Gasteiger partial charge in [-0.05, 0) is 69.6 Å². The normalized spacial score (nSPS) is 35.3. The second-order valence-electron chi connectivity index (χ2n) is 11.1. The van der Waals surface area contributed by atoms with Crippen LogP contribution in [0, 0.1) is 24.2 Å². The smallest absolute Gasteiger partial charge is 0.309 e. The van der Waals surface area contributed by atoms with Crippen LogP contribution in [0.4, 0.5) is 0 Å². The van der Waals surface area contributed by atoms with Crippen molar-refractivity contribution in [1.82, 2.24) is 4.98 Å². The molecule has 0 aliphatic carbocycles. The first kappa shape index (κ1) is 30.4. The highest BCUT2D eigenvalue weighted by Crippen LogP contribution is 2.36. The number of aliphatic hydroxyl groups is 2. The SMILES string of the molecule is C/C(=C\c1csc(C)n1)[C@@H]1C/C=C2\CCC[C@H](C)[C@@H](O)[C@H](C)C(=O)[C@@](C)(C/C=C\COC2)[C@@H](O)CC(=O)O1. The molecular formula is C30H43NO6S. The van der Waals surface area contributed by atoms with Gasteiger partial charge in [0.25, 0.3) is 0 Å². The number of rotatable bonds is 2. The second-order valence-corrected chi connectivity index (χ2v) is 12.2. The van der Waals surface area contributed by atoms with Crippen LogP contribution in [0.15, 0.2) is 34.8 Å². The summed E-state index contributed by atoms with van der Waals surface area (Å²) < 4.78 is 11.8. The zero-order chi connectivity index (χ0) is 27.9. The van der Waals surface area contributed by atoms with Gasteiger partial charge in [0.2, 0.25) is 0 Å². The molecular weight excluding hydrogens is 502 g/mol. The van der Waals surface area contributed by atoms with Gasteiger partial charge in [0.05, 0.1) is 48.0 Å². The number of Topliss-reactive ketones (excluding diaryl/α,β-unsaturated/α-hetero) is 1. The maximum atomic E-state index is 13.7. The van der Waals surface area contributed by atoms with Crippen molar-refractivity contribution < 1.29 is 29.3 Å². The molecule has 210 valence electrons. The molecule has 2 bridgehead atoms. The molecule has 2 aliphatic heterocycles. The van der Waals surface area contributed by atoms with Crippen LogP contribution in [0.1, 0.15) is 76.9 Å². The topological polar surface area (TPSA) is 106 Å². The number of fused-ring (bicyclic) bond motifs is 6. The molecule has 1 aromatic heterocycles. The van der Waals surface area contributed by atoms with Crippen molar-refractivity contribution in [2.75, 3.05) is 13.2 Å². The van der Waals surface area contributed by atoms with Crippen LogP contribution in [0.25, 0.3) is 6.08 Å². The highest BCUT2D eigenvalue weighted by Gasteiger charge is 2.45. The fraction of sp³-hybridized carbons (Fsp3) is 0.633. The van der Waals surface area contributed by atoms with Crippen molar-refractivity contribution in [2.24, 2.45) is 17.3 Å². The minimum absolute atomic E-state index is 0.0875. The van der Waals surface area contributed by atoms with E-state index in [1.165, 1.54) is 0 Å². The van der Waals surface area contributed by atoms with E-state index < -0.39 is 35.6 Å². The first-order valence-electron chi connectivity index (χ1n) is 13.6. The number of aryl methyl sites for hydroxylation is 1. The van der Waals surface area contributed by atoms with Gasteiger partial charge in [0.1, 0.15) is 11.9 Å². The van der Waals surface area contributed by atoms with Gasteiger partial charge in [0, 0.05) is 17.7 Å². The fourth-order valence-electron chi connectivity index (χ4n) is 5.24. The molecule has 0 spiro atoms. The van der Waals surface area contributed by atoms with Gasteiger partial charge in [-0.25, -0.2) is 4.98 Å². The molecule has 38 heavy (non-hydrogen) atoms. The van der Waals surface area contributed by atoms with E-state index >= 15 is 0 Å². The maximum Gasteiger partial charge on any atom is 0.309 e. The standard InChI is InChI=1S/C30H43NO6S/c1-19-9-8-10-23-11-12-25(20(2)15-24-18-38-22(4)31-24)37-27(33)16-26(32)30(5,13-6-7-14-36-17-23)29(35)21(3)28(19)34/h6-7,11,15,18-19,21,25-26,28,32,34H,8-10,12-14,16-17H2,1-5H3/b7-6-,20-15+,23-11+/t19-,21-,25-,26-,28+,30-/m0/s1. The molecule has 0 saturated carbocycles. The Kier molecular flexibility index (Phi) is 11.0. The number of allylic oxidation sites excluding steroid dienone is 1. The Balaban J connectivity index is 2.02. The fourth-order valence-corrected chi connectivity index (χ4v) is 5.81. The zero-order valence-corrected chi connectivity index (χ0v) is 24.1. The van der Waals surface area contributed by atoms with E-state index in [0.29, 0.717) is 19.6 Å². The Labute approximate surface area is 230 Å². The molecule has 0 fully saturated rings. The number of aliphatic hydroxyl groups excluding tert-OH is 2. The van der Waals surface area contributed by atoms with E-state index in [4.69, 9.17) is 9.47 Å². The van der Waals surface area contributed by atoms with E-state index in [1.54, 1.807) is 25.2 Å². The molecule has 0 aromatic carbocycles. The quantitative estimate of drug-likeness (QED) is 0.388. The van der Waals surface area contributed by atoms with Gasteiger partial charge in [0.15, 0.2) is 0 Å². The Morgan fingerprint density at radius 3 is 2.71 bits per heavy atom. The van der Waals surface area contributed by atoms with Crippen LogP contribution in [0.5, 0.6) is 0 Å². The van der Waals surface area contributed by atoms with Crippen molar-refractivity contribution in [2.45, 2.75) is 91.5 Å². The molecule has 0 saturated heterocycles. The van der Waals surface area contributed by atoms with Crippen molar-refractivity contribution in [3.05, 3.63) is 45.5 Å². The summed E-state index contributed by atoms with van der Waals surface area (Å²) in [6, 6.07) is 0. The molecule has 3 heterocycles. The largest absolute Gasteiger partial charge is 0.457 e. The highest BCUT2D eigenvalue weighted by atomic mass is 32.1. The van der Waals surface area contributed by atoms with Crippen LogP contribution < -0.4 is 0 Å². The van der Waals surface area contributed by atoms with Crippen LogP contribution >= 0.6 is 11.3 Å². The lowest BCUT2D eigenvalue weighted by atomic mass is 9.69. The van der Waals surface area contributed by atoms with Gasteiger partial charge in [-0.3, -0.25) is 9.59 Å². The van der Waals surface area contributed by atoms with Crippen molar-refractivity contribution in [3.63, 3.8) is 0 Å². The number of carbonyl (C=O) groups is 2. The van der Waals surface area contributed by atoms with Crippen LogP contribution in [0.2, 0.25) is 0 Å². The molecule has 0 unspecified atom stereocenters. The van der Waals surface area contributed by atoms with Crippen LogP contribution in [-0.2, 0) is 19.1 Å². The van der Waals surface area contributed by atoms with Crippen molar-refractivity contribution in [3.8, 4) is 0 Å². The summed E-state index contributed by atoms with van der Waals surface area (Å²) in [6.45, 7) is 10.1. The summed E-state index contributed by atoms with van der Waals surface area (Å²) in [7, 11) is 0. The summed E-state index contributed by atoms with van der Waals surface area (Å²) in [6.07, 6.45) is 7.80. The average Bonchev–Trinajstić information content (AvgIpc) is 3.28. The lowest BCUT2D eigenvalue weighted by molar-refractivity contribution is -0.154. The molecule has 2 aliphatic rings. The predicted molar refractivity (Wildman–Crippen MR) is 150 cm³/mol. The van der Waals surface area contributed by atoms with E-state index in [1.807, 2.05) is 44.4 Å². The Bertz CT molecular complexity index is 1060. The van der Waals surface area contributed by atoms with Gasteiger partial charge in [-0.2, -0.15) is 0 Å². The number of carbonyl (C=O) groups excluding carboxylic acids is 2. The summed E-state index contributed by atoms with van der Waals surface area (Å²) in [5, 5.41) is 25.2. The number of ether oxygens (including phenoxy) is 2. The lowest BCUT2D eigenvalue weighted by Crippen LogP contribution is -2.47. The monoisotopic (exact) mass is 545 g/mol. The number of thiazole rings is 1. The number of esters is 1. The molecule has 3 rings (SSSR count). The number of cyclic esters (lactones) is 1. The predicted octanol–water partition coefficient (Wildman–Crippen LogP) is 5.20. The number of hydrogen-bond acceptors (Lipinski definition) is 8. The van der Waals surface area contributed by atoms with E-state index in [-0.39, 0.29) is 24.5 Å². The Hall–Kier alpha value is -2.13. The number of nitrogens with zero attached hydrogens (tertiary/aromatic N) is 1. The first-order chi connectivity index (χ1) is 18.0. The van der Waals surface area contributed by atoms with Crippen LogP contribution in [-0.4, -0.2) is 58.5 Å². The van der Waals surface area contributed by atoms with E-state index in [2.05, 4.69) is 11.1 Å². The third kappa shape index (κ3) is 7.94. The van der Waals surface area contributed by atoms with Gasteiger partial charge >= 0.3 is 5.97 Å². The number of ketones is 1. The maximum absolute atomic E-state index is 13.7. The number of hydrogen-bond donors (Lipinski definition) is 2. The average molecular weight is 546 g/mol. The molecule has 0 radical (unpaired) electrons. The molecule has 7 nitrogen and oxygen atoms in total. The molecule has 1 aromatic rings. The zero-order valence-electron chi connectivity index (χ0n) is 23.3. The third-order valence-electron chi connectivity index (χ3n) is 7.95. The summed E-state index contributed by atoms with van der Waals surface area (Å²) in [4.78, 5) is 31.4. The highest BCUT2D eigenvalue weighted by molar-refractivity contribution is 7.09. The Morgan fingerprint density at radius 1 is 1.24 bits per heavy atom. The van der Waals surface area contributed by atoms with E-state index in [9.17, 15) is 19.8 Å². The van der Waals surface area contributed by atoms with Gasteiger partial charge in [-0.15, -0.1) is 11.3 Å². The van der Waals surface area contributed by atoms with E-state index in [0.717, 1.165) is 41.1 Å².